The van der Waals surface area contributed by atoms with Crippen LogP contribution in [0, 0.1) is 0 Å². The zero-order chi connectivity index (χ0) is 24.5. The standard InChI is InChI=1S/C8H6BrF2N3O.C5H6BrN3.C4H6F2O2/c9-5-1-2-6-12-13-7(14(6)3-5)8(10,11)4-15;6-4-1-2-5(9-7)8-3-4;1-3(8)4(5,6)2-7/h1-3,15H,4H2;1-3H,7H2,(H,8,9);7H,2H2,1H3. The highest BCUT2D eigenvalue weighted by atomic mass is 79.9. The fraction of sp³-hybridized carbons (Fsp3) is 0.294. The van der Waals surface area contributed by atoms with E-state index in [9.17, 15) is 22.4 Å². The first-order valence-corrected chi connectivity index (χ1v) is 10.0. The van der Waals surface area contributed by atoms with E-state index >= 15 is 0 Å². The van der Waals surface area contributed by atoms with Crippen LogP contribution in [0.25, 0.3) is 5.65 Å². The van der Waals surface area contributed by atoms with Crippen LogP contribution in [-0.2, 0) is 10.7 Å². The van der Waals surface area contributed by atoms with Gasteiger partial charge < -0.3 is 15.6 Å². The van der Waals surface area contributed by atoms with Crippen LogP contribution in [-0.4, -0.2) is 54.7 Å². The molecular weight excluding hydrogens is 572 g/mol. The second-order valence-electron chi connectivity index (χ2n) is 5.89. The van der Waals surface area contributed by atoms with Crippen molar-refractivity contribution >= 4 is 49.1 Å². The Bertz CT molecular complexity index is 1020. The molecule has 9 nitrogen and oxygen atoms in total. The molecule has 0 unspecified atom stereocenters. The number of anilines is 1. The fourth-order valence-electron chi connectivity index (χ4n) is 1.76. The zero-order valence-corrected chi connectivity index (χ0v) is 19.5. The summed E-state index contributed by atoms with van der Waals surface area (Å²) in [6, 6.07) is 6.87. The molecule has 0 aliphatic heterocycles. The van der Waals surface area contributed by atoms with Gasteiger partial charge in [-0.2, -0.15) is 17.6 Å². The number of nitrogens with one attached hydrogen (secondary N) is 1. The number of pyridine rings is 2. The van der Waals surface area contributed by atoms with E-state index in [0.717, 1.165) is 15.8 Å². The van der Waals surface area contributed by atoms with E-state index in [0.29, 0.717) is 15.9 Å². The van der Waals surface area contributed by atoms with Crippen LogP contribution in [0.15, 0.2) is 45.6 Å². The van der Waals surface area contributed by atoms with Crippen molar-refractivity contribution in [2.45, 2.75) is 18.8 Å². The normalized spacial score (nSPS) is 11.2. The van der Waals surface area contributed by atoms with Gasteiger partial charge in [-0.3, -0.25) is 9.20 Å². The van der Waals surface area contributed by atoms with E-state index in [1.807, 2.05) is 6.07 Å². The average molecular weight is 590 g/mol. The van der Waals surface area contributed by atoms with Crippen molar-refractivity contribution in [2.24, 2.45) is 5.84 Å². The molecule has 0 bridgehead atoms. The van der Waals surface area contributed by atoms with Crippen molar-refractivity contribution in [1.29, 1.82) is 0 Å². The van der Waals surface area contributed by atoms with Gasteiger partial charge in [-0.1, -0.05) is 0 Å². The lowest BCUT2D eigenvalue weighted by molar-refractivity contribution is -0.145. The van der Waals surface area contributed by atoms with E-state index in [-0.39, 0.29) is 0 Å². The lowest BCUT2D eigenvalue weighted by atomic mass is 10.3. The fourth-order valence-corrected chi connectivity index (χ4v) is 2.33. The quantitative estimate of drug-likeness (QED) is 0.202. The van der Waals surface area contributed by atoms with Crippen LogP contribution in [0.2, 0.25) is 0 Å². The van der Waals surface area contributed by atoms with Gasteiger partial charge in [-0.05, 0) is 56.1 Å². The molecule has 0 radical (unpaired) electrons. The van der Waals surface area contributed by atoms with Crippen molar-refractivity contribution in [3.8, 4) is 0 Å². The molecule has 0 spiro atoms. The monoisotopic (exact) mass is 588 g/mol. The number of hydrogen-bond acceptors (Lipinski definition) is 8. The second kappa shape index (κ2) is 12.2. The van der Waals surface area contributed by atoms with Crippen LogP contribution < -0.4 is 11.3 Å². The number of rotatable bonds is 5. The molecule has 3 aromatic rings. The summed E-state index contributed by atoms with van der Waals surface area (Å²) >= 11 is 6.40. The molecule has 32 heavy (non-hydrogen) atoms. The van der Waals surface area contributed by atoms with Gasteiger partial charge in [0.2, 0.25) is 11.6 Å². The molecule has 0 aliphatic carbocycles. The van der Waals surface area contributed by atoms with Crippen molar-refractivity contribution < 1.29 is 32.6 Å². The number of Topliss-reactive ketones (excluding diaryl/α,β-unsaturated/α-hetero) is 1. The maximum absolute atomic E-state index is 13.2. The van der Waals surface area contributed by atoms with Crippen LogP contribution in [0.4, 0.5) is 23.4 Å². The van der Waals surface area contributed by atoms with Crippen LogP contribution in [0.1, 0.15) is 12.7 Å². The summed E-state index contributed by atoms with van der Waals surface area (Å²) in [7, 11) is 0. The van der Waals surface area contributed by atoms with E-state index in [2.05, 4.69) is 52.5 Å². The molecule has 3 heterocycles. The number of nitrogen functional groups attached to an aromatic ring is 1. The van der Waals surface area contributed by atoms with Crippen molar-refractivity contribution in [2.75, 3.05) is 18.6 Å². The van der Waals surface area contributed by atoms with Crippen LogP contribution in [0.5, 0.6) is 0 Å². The summed E-state index contributed by atoms with van der Waals surface area (Å²) in [5.41, 5.74) is 2.73. The Morgan fingerprint density at radius 3 is 2.16 bits per heavy atom. The molecule has 3 aromatic heterocycles. The summed E-state index contributed by atoms with van der Waals surface area (Å²) < 4.78 is 52.4. The number of alkyl halides is 4. The van der Waals surface area contributed by atoms with Gasteiger partial charge in [-0.25, -0.2) is 10.8 Å². The Morgan fingerprint density at radius 2 is 1.72 bits per heavy atom. The molecule has 0 saturated carbocycles. The average Bonchev–Trinajstić information content (AvgIpc) is 3.19. The smallest absolute Gasteiger partial charge is 0.329 e. The SMILES string of the molecule is CC(=O)C(F)(F)CO.NNc1ccc(Br)cn1.OCC(F)(F)c1nnc2ccc(Br)cn12. The summed E-state index contributed by atoms with van der Waals surface area (Å²) in [5.74, 6) is -3.07. The van der Waals surface area contributed by atoms with Gasteiger partial charge in [0.15, 0.2) is 5.65 Å². The van der Waals surface area contributed by atoms with E-state index in [1.165, 1.54) is 6.20 Å². The Morgan fingerprint density at radius 1 is 1.09 bits per heavy atom. The zero-order valence-electron chi connectivity index (χ0n) is 16.3. The summed E-state index contributed by atoms with van der Waals surface area (Å²) in [6.07, 6.45) is 3.10. The molecule has 15 heteroatoms. The van der Waals surface area contributed by atoms with Gasteiger partial charge in [-0.15, -0.1) is 10.2 Å². The molecule has 0 aromatic carbocycles. The van der Waals surface area contributed by atoms with E-state index in [1.54, 1.807) is 24.4 Å². The lowest BCUT2D eigenvalue weighted by Crippen LogP contribution is -2.29. The highest BCUT2D eigenvalue weighted by molar-refractivity contribution is 9.10. The minimum absolute atomic E-state index is 0.307. The number of carbonyl (C=O) groups excluding carboxylic acids is 1. The highest BCUT2D eigenvalue weighted by Crippen LogP contribution is 2.26. The third-order valence-corrected chi connectivity index (χ3v) is 4.42. The first-order valence-electron chi connectivity index (χ1n) is 8.45. The van der Waals surface area contributed by atoms with Crippen molar-refractivity contribution in [3.63, 3.8) is 0 Å². The second-order valence-corrected chi connectivity index (χ2v) is 7.72. The Balaban J connectivity index is 0.000000260. The molecule has 176 valence electrons. The molecule has 0 atom stereocenters. The maximum Gasteiger partial charge on any atom is 0.329 e. The number of nitrogens with zero attached hydrogens (tertiary/aromatic N) is 4. The number of halogens is 6. The van der Waals surface area contributed by atoms with Crippen molar-refractivity contribution in [3.05, 3.63) is 51.4 Å². The lowest BCUT2D eigenvalue weighted by Gasteiger charge is -2.10. The summed E-state index contributed by atoms with van der Waals surface area (Å²) in [5, 5.41) is 23.3. The molecule has 5 N–H and O–H groups in total. The number of ketones is 1. The Hall–Kier alpha value is -2.20. The minimum Gasteiger partial charge on any atom is -0.390 e. The largest absolute Gasteiger partial charge is 0.390 e. The van der Waals surface area contributed by atoms with Gasteiger partial charge in [0.25, 0.3) is 0 Å². The predicted octanol–water partition coefficient (Wildman–Crippen LogP) is 2.91. The highest BCUT2D eigenvalue weighted by Gasteiger charge is 2.36. The third kappa shape index (κ3) is 8.05. The van der Waals surface area contributed by atoms with E-state index < -0.39 is 36.7 Å². The third-order valence-electron chi connectivity index (χ3n) is 3.48. The number of aromatic nitrogens is 4. The van der Waals surface area contributed by atoms with Gasteiger partial charge >= 0.3 is 11.8 Å². The van der Waals surface area contributed by atoms with Gasteiger partial charge in [0.05, 0.1) is 0 Å². The van der Waals surface area contributed by atoms with Crippen LogP contribution in [0.3, 0.4) is 0 Å². The van der Waals surface area contributed by atoms with Gasteiger partial charge in [0.1, 0.15) is 19.0 Å². The van der Waals surface area contributed by atoms with Gasteiger partial charge in [0, 0.05) is 28.3 Å². The number of hydrogen-bond donors (Lipinski definition) is 4. The maximum atomic E-state index is 13.2. The number of aliphatic hydroxyl groups excluding tert-OH is 2. The summed E-state index contributed by atoms with van der Waals surface area (Å²) in [6.45, 7) is -1.96. The van der Waals surface area contributed by atoms with Crippen LogP contribution >= 0.6 is 31.9 Å². The predicted molar refractivity (Wildman–Crippen MR) is 114 cm³/mol. The number of nitrogens with two attached hydrogens (primary N) is 1. The first-order chi connectivity index (χ1) is 14.9. The molecular formula is C17H18Br2F4N6O3. The number of hydrazine groups is 1. The first kappa shape index (κ1) is 27.8. The summed E-state index contributed by atoms with van der Waals surface area (Å²) in [4.78, 5) is 13.7. The number of fused-ring (bicyclic) bond motifs is 1. The number of aliphatic hydroxyl groups is 2. The molecule has 0 amide bonds. The van der Waals surface area contributed by atoms with Crippen molar-refractivity contribution in [1.82, 2.24) is 19.6 Å². The molecule has 0 saturated heterocycles. The molecule has 0 aliphatic rings. The van der Waals surface area contributed by atoms with E-state index in [4.69, 9.17) is 16.1 Å². The molecule has 3 rings (SSSR count). The Labute approximate surface area is 195 Å². The molecule has 0 fully saturated rings. The topological polar surface area (TPSA) is 139 Å². The Kier molecular flexibility index (Phi) is 10.6. The number of carbonyl (C=O) groups is 1. The minimum atomic E-state index is -3.54.